The van der Waals surface area contributed by atoms with Gasteiger partial charge in [0, 0.05) is 11.6 Å². The fourth-order valence-electron chi connectivity index (χ4n) is 1.63. The smallest absolute Gasteiger partial charge is 0.130 e. The van der Waals surface area contributed by atoms with Crippen molar-refractivity contribution in [2.45, 2.75) is 6.67 Å². The molecule has 1 aromatic carbocycles. The number of hydrogen-bond donors (Lipinski definition) is 1. The van der Waals surface area contributed by atoms with Crippen molar-refractivity contribution in [3.63, 3.8) is 0 Å². The quantitative estimate of drug-likeness (QED) is 0.907. The first-order chi connectivity index (χ1) is 7.08. The molecule has 0 saturated heterocycles. The summed E-state index contributed by atoms with van der Waals surface area (Å²) in [6.07, 6.45) is 2.02. The summed E-state index contributed by atoms with van der Waals surface area (Å²) in [4.78, 5) is 2.10. The Hall–Kier alpha value is -1.00. The van der Waals surface area contributed by atoms with Gasteiger partial charge in [-0.2, -0.15) is 0 Å². The molecule has 0 spiro atoms. The van der Waals surface area contributed by atoms with Gasteiger partial charge in [-0.25, -0.2) is 0 Å². The van der Waals surface area contributed by atoms with E-state index in [0.29, 0.717) is 0 Å². The molecular formula is C11H13BrN2O. The lowest BCUT2D eigenvalue weighted by Crippen LogP contribution is -2.15. The van der Waals surface area contributed by atoms with E-state index in [9.17, 15) is 5.11 Å². The molecular weight excluding hydrogens is 256 g/mol. The van der Waals surface area contributed by atoms with E-state index in [0.717, 1.165) is 22.0 Å². The van der Waals surface area contributed by atoms with Crippen molar-refractivity contribution >= 4 is 26.8 Å². The number of rotatable bonds is 2. The minimum absolute atomic E-state index is 0.283. The fourth-order valence-corrected chi connectivity index (χ4v) is 1.96. The van der Waals surface area contributed by atoms with E-state index in [2.05, 4.69) is 25.4 Å². The van der Waals surface area contributed by atoms with E-state index in [1.807, 2.05) is 32.4 Å². The van der Waals surface area contributed by atoms with Crippen molar-refractivity contribution in [2.75, 3.05) is 14.1 Å². The zero-order chi connectivity index (χ0) is 11.0. The molecule has 2 rings (SSSR count). The number of phenols is 1. The molecule has 0 saturated carbocycles. The minimum Gasteiger partial charge on any atom is -0.507 e. The predicted octanol–water partition coefficient (Wildman–Crippen LogP) is 2.63. The summed E-state index contributed by atoms with van der Waals surface area (Å²) < 4.78 is 2.87. The monoisotopic (exact) mass is 268 g/mol. The van der Waals surface area contributed by atoms with Crippen LogP contribution >= 0.6 is 15.9 Å². The van der Waals surface area contributed by atoms with Crippen molar-refractivity contribution in [2.24, 2.45) is 0 Å². The highest BCUT2D eigenvalue weighted by molar-refractivity contribution is 9.10. The molecule has 0 aliphatic rings. The average molecular weight is 269 g/mol. The van der Waals surface area contributed by atoms with E-state index in [1.165, 1.54) is 0 Å². The van der Waals surface area contributed by atoms with Crippen LogP contribution in [0.25, 0.3) is 10.9 Å². The van der Waals surface area contributed by atoms with Gasteiger partial charge in [0.2, 0.25) is 0 Å². The number of hydrogen-bond acceptors (Lipinski definition) is 2. The third-order valence-corrected chi connectivity index (χ3v) is 2.91. The third-order valence-electron chi connectivity index (χ3n) is 2.27. The lowest BCUT2D eigenvalue weighted by atomic mass is 10.2. The van der Waals surface area contributed by atoms with E-state index in [1.54, 1.807) is 6.07 Å². The van der Waals surface area contributed by atoms with Crippen molar-refractivity contribution < 1.29 is 5.11 Å². The molecule has 1 heterocycles. The van der Waals surface area contributed by atoms with Crippen LogP contribution in [-0.2, 0) is 6.67 Å². The molecule has 0 fully saturated rings. The zero-order valence-electron chi connectivity index (χ0n) is 8.74. The van der Waals surface area contributed by atoms with E-state index in [-0.39, 0.29) is 5.75 Å². The topological polar surface area (TPSA) is 28.4 Å². The fraction of sp³-hybridized carbons (Fsp3) is 0.273. The number of nitrogens with zero attached hydrogens (tertiary/aromatic N) is 2. The molecule has 0 amide bonds. The van der Waals surface area contributed by atoms with Gasteiger partial charge in [0.15, 0.2) is 0 Å². The van der Waals surface area contributed by atoms with Crippen molar-refractivity contribution in [1.82, 2.24) is 9.47 Å². The summed E-state index contributed by atoms with van der Waals surface area (Å²) in [6, 6.07) is 5.71. The highest BCUT2D eigenvalue weighted by Gasteiger charge is 2.05. The Kier molecular flexibility index (Phi) is 2.71. The van der Waals surface area contributed by atoms with Gasteiger partial charge in [0.05, 0.1) is 16.7 Å². The maximum absolute atomic E-state index is 9.54. The lowest BCUT2D eigenvalue weighted by molar-refractivity contribution is 0.332. The number of phenolic OH excluding ortho intramolecular Hbond substituents is 1. The van der Waals surface area contributed by atoms with Crippen molar-refractivity contribution in [3.8, 4) is 5.75 Å². The second kappa shape index (κ2) is 3.87. The molecule has 0 atom stereocenters. The molecule has 1 aromatic heterocycles. The molecule has 2 aromatic rings. The van der Waals surface area contributed by atoms with E-state index >= 15 is 0 Å². The number of aromatic hydroxyl groups is 1. The normalized spacial score (nSPS) is 11.5. The minimum atomic E-state index is 0.283. The number of halogens is 1. The van der Waals surface area contributed by atoms with Crippen molar-refractivity contribution in [1.29, 1.82) is 0 Å². The molecule has 0 unspecified atom stereocenters. The standard InChI is InChI=1S/C11H13BrN2O/c1-13(2)7-14-4-3-8-5-11(15)9(12)6-10(8)14/h3-6,15H,7H2,1-2H3. The summed E-state index contributed by atoms with van der Waals surface area (Å²) in [5, 5.41) is 10.6. The van der Waals surface area contributed by atoms with Gasteiger partial charge in [-0.1, -0.05) is 0 Å². The lowest BCUT2D eigenvalue weighted by Gasteiger charge is -2.12. The molecule has 1 N–H and O–H groups in total. The molecule has 0 bridgehead atoms. The third kappa shape index (κ3) is 2.01. The summed E-state index contributed by atoms with van der Waals surface area (Å²) >= 11 is 3.32. The van der Waals surface area contributed by atoms with Crippen LogP contribution < -0.4 is 0 Å². The second-order valence-corrected chi connectivity index (χ2v) is 4.72. The summed E-state index contributed by atoms with van der Waals surface area (Å²) in [6.45, 7) is 0.834. The summed E-state index contributed by atoms with van der Waals surface area (Å²) in [5.41, 5.74) is 1.12. The van der Waals surface area contributed by atoms with Crippen LogP contribution in [0, 0.1) is 0 Å². The van der Waals surface area contributed by atoms with Gasteiger partial charge >= 0.3 is 0 Å². The van der Waals surface area contributed by atoms with Gasteiger partial charge in [-0.15, -0.1) is 0 Å². The Morgan fingerprint density at radius 2 is 2.13 bits per heavy atom. The van der Waals surface area contributed by atoms with Gasteiger partial charge in [0.25, 0.3) is 0 Å². The summed E-state index contributed by atoms with van der Waals surface area (Å²) in [5.74, 6) is 0.283. The van der Waals surface area contributed by atoms with Gasteiger partial charge in [0.1, 0.15) is 5.75 Å². The molecule has 80 valence electrons. The molecule has 0 aliphatic carbocycles. The molecule has 4 heteroatoms. The zero-order valence-corrected chi connectivity index (χ0v) is 10.3. The SMILES string of the molecule is CN(C)Cn1ccc2cc(O)c(Br)cc21. The maximum Gasteiger partial charge on any atom is 0.130 e. The first kappa shape index (κ1) is 10.5. The van der Waals surface area contributed by atoms with Crippen molar-refractivity contribution in [3.05, 3.63) is 28.9 Å². The second-order valence-electron chi connectivity index (χ2n) is 3.87. The van der Waals surface area contributed by atoms with Crippen LogP contribution in [0.5, 0.6) is 5.75 Å². The van der Waals surface area contributed by atoms with Crippen LogP contribution in [0.1, 0.15) is 0 Å². The Labute approximate surface area is 97.0 Å². The van der Waals surface area contributed by atoms with Crippen LogP contribution in [0.15, 0.2) is 28.9 Å². The number of benzene rings is 1. The van der Waals surface area contributed by atoms with Gasteiger partial charge in [-0.05, 0) is 48.2 Å². The molecule has 15 heavy (non-hydrogen) atoms. The molecule has 0 aliphatic heterocycles. The van der Waals surface area contributed by atoms with Crippen LogP contribution in [0.3, 0.4) is 0 Å². The largest absolute Gasteiger partial charge is 0.507 e. The van der Waals surface area contributed by atoms with Crippen LogP contribution in [0.4, 0.5) is 0 Å². The predicted molar refractivity (Wildman–Crippen MR) is 65.0 cm³/mol. The van der Waals surface area contributed by atoms with Gasteiger partial charge in [-0.3, -0.25) is 4.90 Å². The van der Waals surface area contributed by atoms with Crippen LogP contribution in [0.2, 0.25) is 0 Å². The van der Waals surface area contributed by atoms with E-state index in [4.69, 9.17) is 0 Å². The Balaban J connectivity index is 2.54. The van der Waals surface area contributed by atoms with Crippen LogP contribution in [-0.4, -0.2) is 28.7 Å². The Morgan fingerprint density at radius 1 is 1.40 bits per heavy atom. The Morgan fingerprint density at radius 3 is 2.80 bits per heavy atom. The number of aromatic nitrogens is 1. The average Bonchev–Trinajstić information content (AvgIpc) is 2.49. The highest BCUT2D eigenvalue weighted by Crippen LogP contribution is 2.29. The summed E-state index contributed by atoms with van der Waals surface area (Å²) in [7, 11) is 4.06. The van der Waals surface area contributed by atoms with Gasteiger partial charge < -0.3 is 9.67 Å². The molecule has 3 nitrogen and oxygen atoms in total. The first-order valence-electron chi connectivity index (χ1n) is 4.70. The Bertz CT molecular complexity index is 491. The molecule has 0 radical (unpaired) electrons. The number of fused-ring (bicyclic) bond motifs is 1. The first-order valence-corrected chi connectivity index (χ1v) is 5.49. The van der Waals surface area contributed by atoms with E-state index < -0.39 is 0 Å². The maximum atomic E-state index is 9.54. The highest BCUT2D eigenvalue weighted by atomic mass is 79.9.